The van der Waals surface area contributed by atoms with Crippen LogP contribution in [0.3, 0.4) is 0 Å². The number of thiophene rings is 1. The Morgan fingerprint density at radius 3 is 2.65 bits per heavy atom. The van der Waals surface area contributed by atoms with E-state index in [9.17, 15) is 9.59 Å². The number of fused-ring (bicyclic) bond motifs is 3. The molecule has 6 heteroatoms. The number of nitrogens with zero attached hydrogens (tertiary/aromatic N) is 2. The number of aryl methyl sites for hydroxylation is 3. The van der Waals surface area contributed by atoms with Crippen LogP contribution in [-0.2, 0) is 19.4 Å². The number of benzene rings is 2. The fraction of sp³-hybridized carbons (Fsp3) is 0.280. The highest BCUT2D eigenvalue weighted by Gasteiger charge is 2.24. The highest BCUT2D eigenvalue weighted by atomic mass is 32.1. The van der Waals surface area contributed by atoms with Gasteiger partial charge in [-0.2, -0.15) is 0 Å². The highest BCUT2D eigenvalue weighted by molar-refractivity contribution is 7.18. The van der Waals surface area contributed by atoms with Gasteiger partial charge in [-0.3, -0.25) is 9.36 Å². The molecule has 31 heavy (non-hydrogen) atoms. The molecule has 1 aliphatic carbocycles. The van der Waals surface area contributed by atoms with Crippen LogP contribution in [0.25, 0.3) is 15.9 Å². The van der Waals surface area contributed by atoms with Crippen molar-refractivity contribution < 1.29 is 4.74 Å². The summed E-state index contributed by atoms with van der Waals surface area (Å²) in [6.07, 6.45) is 4.08. The standard InChI is InChI=1S/C25H24N2O3S/c1-16-7-5-8-17(13-16)15-26-24-22(20-11-3-4-12-21(20)31-24)23(28)27(25(26)29)18-9-6-10-19(14-18)30-2/h5-10,13-14H,3-4,11-12,15H2,1-2H3. The van der Waals surface area contributed by atoms with E-state index < -0.39 is 0 Å². The van der Waals surface area contributed by atoms with E-state index in [0.29, 0.717) is 23.4 Å². The van der Waals surface area contributed by atoms with Gasteiger partial charge in [-0.25, -0.2) is 9.36 Å². The first-order valence-corrected chi connectivity index (χ1v) is 11.4. The van der Waals surface area contributed by atoms with Crippen molar-refractivity contribution >= 4 is 21.6 Å². The largest absolute Gasteiger partial charge is 0.497 e. The minimum atomic E-state index is -0.314. The van der Waals surface area contributed by atoms with Crippen molar-refractivity contribution in [3.8, 4) is 11.4 Å². The first-order chi connectivity index (χ1) is 15.1. The highest BCUT2D eigenvalue weighted by Crippen LogP contribution is 2.34. The van der Waals surface area contributed by atoms with E-state index in [2.05, 4.69) is 6.07 Å². The Morgan fingerprint density at radius 2 is 1.84 bits per heavy atom. The molecule has 0 aliphatic heterocycles. The van der Waals surface area contributed by atoms with Crippen LogP contribution in [0.5, 0.6) is 5.75 Å². The summed E-state index contributed by atoms with van der Waals surface area (Å²) in [4.78, 5) is 29.4. The third kappa shape index (κ3) is 3.41. The number of ether oxygens (including phenoxy) is 1. The molecule has 0 radical (unpaired) electrons. The number of aromatic nitrogens is 2. The van der Waals surface area contributed by atoms with Crippen molar-refractivity contribution in [1.29, 1.82) is 0 Å². The molecule has 0 saturated carbocycles. The van der Waals surface area contributed by atoms with E-state index in [1.54, 1.807) is 41.2 Å². The van der Waals surface area contributed by atoms with Gasteiger partial charge in [-0.15, -0.1) is 11.3 Å². The second-order valence-corrected chi connectivity index (χ2v) is 9.17. The monoisotopic (exact) mass is 432 g/mol. The van der Waals surface area contributed by atoms with Crippen LogP contribution >= 0.6 is 11.3 Å². The number of hydrogen-bond acceptors (Lipinski definition) is 4. The van der Waals surface area contributed by atoms with Crippen LogP contribution in [0.4, 0.5) is 0 Å². The maximum atomic E-state index is 13.7. The molecule has 0 amide bonds. The Morgan fingerprint density at radius 1 is 1.03 bits per heavy atom. The van der Waals surface area contributed by atoms with Crippen molar-refractivity contribution in [3.63, 3.8) is 0 Å². The lowest BCUT2D eigenvalue weighted by Gasteiger charge is -2.14. The Bertz CT molecular complexity index is 1410. The van der Waals surface area contributed by atoms with E-state index in [1.165, 1.54) is 9.44 Å². The molecular formula is C25H24N2O3S. The SMILES string of the molecule is COc1cccc(-n2c(=O)c3c4c(sc3n(Cc3cccc(C)c3)c2=O)CCCC4)c1. The van der Waals surface area contributed by atoms with E-state index in [-0.39, 0.29) is 11.2 Å². The number of hydrogen-bond donors (Lipinski definition) is 0. The predicted octanol–water partition coefficient (Wildman–Crippen LogP) is 4.46. The molecule has 2 aromatic heterocycles. The van der Waals surface area contributed by atoms with Gasteiger partial charge in [-0.05, 0) is 55.9 Å². The lowest BCUT2D eigenvalue weighted by Crippen LogP contribution is -2.39. The molecular weight excluding hydrogens is 408 g/mol. The van der Waals surface area contributed by atoms with Crippen LogP contribution in [0.2, 0.25) is 0 Å². The summed E-state index contributed by atoms with van der Waals surface area (Å²) in [7, 11) is 1.58. The molecule has 2 heterocycles. The van der Waals surface area contributed by atoms with Gasteiger partial charge in [0.2, 0.25) is 0 Å². The molecule has 4 aromatic rings. The molecule has 0 saturated heterocycles. The maximum absolute atomic E-state index is 13.7. The average molecular weight is 433 g/mol. The van der Waals surface area contributed by atoms with Gasteiger partial charge in [-0.1, -0.05) is 35.9 Å². The van der Waals surface area contributed by atoms with Crippen molar-refractivity contribution in [2.75, 3.05) is 7.11 Å². The summed E-state index contributed by atoms with van der Waals surface area (Å²) in [6, 6.07) is 15.3. The fourth-order valence-corrected chi connectivity index (χ4v) is 5.85. The third-order valence-electron chi connectivity index (χ3n) is 5.97. The molecule has 0 atom stereocenters. The van der Waals surface area contributed by atoms with E-state index in [1.807, 2.05) is 31.2 Å². The van der Waals surface area contributed by atoms with Gasteiger partial charge < -0.3 is 4.74 Å². The van der Waals surface area contributed by atoms with Gasteiger partial charge in [0.15, 0.2) is 0 Å². The Kier molecular flexibility index (Phi) is 5.02. The lowest BCUT2D eigenvalue weighted by atomic mass is 9.97. The van der Waals surface area contributed by atoms with Crippen LogP contribution < -0.4 is 16.0 Å². The molecule has 5 nitrogen and oxygen atoms in total. The van der Waals surface area contributed by atoms with E-state index in [0.717, 1.165) is 47.2 Å². The van der Waals surface area contributed by atoms with Gasteiger partial charge in [0, 0.05) is 10.9 Å². The summed E-state index contributed by atoms with van der Waals surface area (Å²) in [5.41, 5.74) is 3.31. The molecule has 0 unspecified atom stereocenters. The second-order valence-electron chi connectivity index (χ2n) is 8.09. The molecule has 158 valence electrons. The summed E-state index contributed by atoms with van der Waals surface area (Å²) >= 11 is 1.61. The van der Waals surface area contributed by atoms with Gasteiger partial charge in [0.1, 0.15) is 10.6 Å². The Hall–Kier alpha value is -3.12. The second kappa shape index (κ2) is 7.85. The van der Waals surface area contributed by atoms with Crippen LogP contribution in [-0.4, -0.2) is 16.2 Å². The van der Waals surface area contributed by atoms with Crippen molar-refractivity contribution in [2.24, 2.45) is 0 Å². The van der Waals surface area contributed by atoms with Crippen molar-refractivity contribution in [2.45, 2.75) is 39.2 Å². The van der Waals surface area contributed by atoms with E-state index >= 15 is 0 Å². The number of rotatable bonds is 4. The molecule has 2 aromatic carbocycles. The average Bonchev–Trinajstić information content (AvgIpc) is 3.17. The first kappa shape index (κ1) is 19.8. The first-order valence-electron chi connectivity index (χ1n) is 10.6. The Balaban J connectivity index is 1.83. The predicted molar refractivity (Wildman–Crippen MR) is 125 cm³/mol. The van der Waals surface area contributed by atoms with E-state index in [4.69, 9.17) is 4.74 Å². The quantitative estimate of drug-likeness (QED) is 0.479. The molecule has 1 aliphatic rings. The summed E-state index contributed by atoms with van der Waals surface area (Å²) < 4.78 is 8.42. The van der Waals surface area contributed by atoms with Crippen LogP contribution in [0, 0.1) is 6.92 Å². The zero-order valence-corrected chi connectivity index (χ0v) is 18.5. The van der Waals surface area contributed by atoms with Crippen LogP contribution in [0.1, 0.15) is 34.4 Å². The number of methoxy groups -OCH3 is 1. The lowest BCUT2D eigenvalue weighted by molar-refractivity contribution is 0.414. The van der Waals surface area contributed by atoms with Gasteiger partial charge in [0.05, 0.1) is 24.7 Å². The summed E-state index contributed by atoms with van der Waals surface area (Å²) in [6.45, 7) is 2.48. The zero-order chi connectivity index (χ0) is 21.5. The minimum absolute atomic E-state index is 0.229. The Labute approximate surface area is 184 Å². The van der Waals surface area contributed by atoms with Gasteiger partial charge >= 0.3 is 5.69 Å². The topological polar surface area (TPSA) is 53.2 Å². The molecule has 0 N–H and O–H groups in total. The van der Waals surface area contributed by atoms with Crippen molar-refractivity contribution in [3.05, 3.63) is 90.9 Å². The van der Waals surface area contributed by atoms with Crippen molar-refractivity contribution in [1.82, 2.24) is 9.13 Å². The molecule has 0 bridgehead atoms. The molecule has 0 fully saturated rings. The smallest absolute Gasteiger partial charge is 0.337 e. The minimum Gasteiger partial charge on any atom is -0.497 e. The summed E-state index contributed by atoms with van der Waals surface area (Å²) in [5, 5.41) is 0.703. The van der Waals surface area contributed by atoms with Crippen LogP contribution in [0.15, 0.2) is 58.1 Å². The maximum Gasteiger partial charge on any atom is 0.337 e. The third-order valence-corrected chi connectivity index (χ3v) is 7.29. The fourth-order valence-electron chi connectivity index (χ4n) is 4.48. The summed E-state index contributed by atoms with van der Waals surface area (Å²) in [5.74, 6) is 0.612. The normalized spacial score (nSPS) is 13.4. The van der Waals surface area contributed by atoms with Gasteiger partial charge in [0.25, 0.3) is 5.56 Å². The molecule has 0 spiro atoms. The zero-order valence-electron chi connectivity index (χ0n) is 17.7. The molecule has 5 rings (SSSR count).